The molecule has 1 atom stereocenters. The van der Waals surface area contributed by atoms with Crippen molar-refractivity contribution in [3.8, 4) is 5.75 Å². The van der Waals surface area contributed by atoms with Gasteiger partial charge in [-0.2, -0.15) is 13.2 Å². The summed E-state index contributed by atoms with van der Waals surface area (Å²) in [5.41, 5.74) is 0. The van der Waals surface area contributed by atoms with E-state index in [9.17, 15) is 13.2 Å². The molecule has 1 saturated heterocycles. The quantitative estimate of drug-likeness (QED) is 0.765. The smallest absolute Gasteiger partial charge is 0.451 e. The lowest BCUT2D eigenvalue weighted by Gasteiger charge is -2.18. The average Bonchev–Trinajstić information content (AvgIpc) is 3.10. The molecule has 0 aliphatic carbocycles. The van der Waals surface area contributed by atoms with Gasteiger partial charge in [0.2, 0.25) is 0 Å². The van der Waals surface area contributed by atoms with Gasteiger partial charge in [-0.15, -0.1) is 0 Å². The first-order valence-electron chi connectivity index (χ1n) is 5.39. The van der Waals surface area contributed by atoms with Crippen LogP contribution in [0.3, 0.4) is 0 Å². The van der Waals surface area contributed by atoms with Gasteiger partial charge >= 0.3 is 12.0 Å². The molecule has 2 nitrogen and oxygen atoms in total. The molecule has 0 bridgehead atoms. The van der Waals surface area contributed by atoms with Crippen molar-refractivity contribution in [1.29, 1.82) is 0 Å². The zero-order valence-electron chi connectivity index (χ0n) is 9.20. The molecule has 0 spiro atoms. The van der Waals surface area contributed by atoms with Crippen LogP contribution in [0.25, 0.3) is 10.8 Å². The second-order valence-electron chi connectivity index (χ2n) is 4.12. The average molecular weight is 254 g/mol. The molecule has 0 aromatic heterocycles. The monoisotopic (exact) mass is 254 g/mol. The molecule has 94 valence electrons. The van der Waals surface area contributed by atoms with Crippen molar-refractivity contribution in [3.63, 3.8) is 0 Å². The Kier molecular flexibility index (Phi) is 2.28. The van der Waals surface area contributed by atoms with Gasteiger partial charge in [0.25, 0.3) is 0 Å². The summed E-state index contributed by atoms with van der Waals surface area (Å²) in [5, 5.41) is 1.46. The lowest BCUT2D eigenvalue weighted by molar-refractivity contribution is -0.241. The molecular weight excluding hydrogens is 245 g/mol. The maximum atomic E-state index is 12.7. The molecule has 2 aromatic rings. The Morgan fingerprint density at radius 3 is 2.39 bits per heavy atom. The molecule has 1 fully saturated rings. The van der Waals surface area contributed by atoms with Crippen LogP contribution in [0, 0.1) is 0 Å². The van der Waals surface area contributed by atoms with Crippen LogP contribution in [0.4, 0.5) is 13.2 Å². The predicted octanol–water partition coefficient (Wildman–Crippen LogP) is 3.51. The topological polar surface area (TPSA) is 21.8 Å². The highest BCUT2D eigenvalue weighted by molar-refractivity contribution is 5.88. The number of ether oxygens (including phenoxy) is 2. The first-order valence-corrected chi connectivity index (χ1v) is 5.39. The molecule has 1 aliphatic heterocycles. The first-order chi connectivity index (χ1) is 8.52. The van der Waals surface area contributed by atoms with E-state index in [-0.39, 0.29) is 5.75 Å². The second kappa shape index (κ2) is 3.62. The van der Waals surface area contributed by atoms with Crippen molar-refractivity contribution < 1.29 is 22.6 Å². The molecule has 0 N–H and O–H groups in total. The van der Waals surface area contributed by atoms with Gasteiger partial charge in [-0.1, -0.05) is 36.4 Å². The molecule has 18 heavy (non-hydrogen) atoms. The van der Waals surface area contributed by atoms with Crippen LogP contribution < -0.4 is 4.74 Å². The van der Waals surface area contributed by atoms with Gasteiger partial charge in [-0.3, -0.25) is 0 Å². The Morgan fingerprint density at radius 2 is 1.72 bits per heavy atom. The third-order valence-electron chi connectivity index (χ3n) is 2.86. The standard InChI is InChI=1S/C13H9F3O2/c14-13(15,16)12(8-17-12)18-11-7-3-5-9-4-1-2-6-10(9)11/h1-7H,8H2. The van der Waals surface area contributed by atoms with E-state index in [0.29, 0.717) is 5.39 Å². The molecule has 0 saturated carbocycles. The zero-order valence-corrected chi connectivity index (χ0v) is 9.20. The van der Waals surface area contributed by atoms with Gasteiger partial charge in [0.1, 0.15) is 12.4 Å². The molecule has 3 rings (SSSR count). The van der Waals surface area contributed by atoms with Crippen molar-refractivity contribution in [2.45, 2.75) is 12.0 Å². The summed E-state index contributed by atoms with van der Waals surface area (Å²) < 4.78 is 47.7. The van der Waals surface area contributed by atoms with Crippen molar-refractivity contribution in [3.05, 3.63) is 42.5 Å². The molecule has 5 heteroatoms. The van der Waals surface area contributed by atoms with Gasteiger partial charge in [0, 0.05) is 5.39 Å². The molecule has 1 aliphatic rings. The third kappa shape index (κ3) is 1.71. The number of rotatable bonds is 2. The Morgan fingerprint density at radius 1 is 1.06 bits per heavy atom. The number of hydrogen-bond acceptors (Lipinski definition) is 2. The summed E-state index contributed by atoms with van der Waals surface area (Å²) in [6.07, 6.45) is -4.52. The van der Waals surface area contributed by atoms with Crippen LogP contribution in [0.15, 0.2) is 42.5 Å². The normalized spacial score (nSPS) is 23.1. The number of epoxide rings is 1. The highest BCUT2D eigenvalue weighted by atomic mass is 19.4. The summed E-state index contributed by atoms with van der Waals surface area (Å²) in [6, 6.07) is 12.1. The molecular formula is C13H9F3O2. The fourth-order valence-electron chi connectivity index (χ4n) is 1.81. The number of halogens is 3. The van der Waals surface area contributed by atoms with Crippen LogP contribution in [0.2, 0.25) is 0 Å². The van der Waals surface area contributed by atoms with Crippen LogP contribution in [-0.4, -0.2) is 18.6 Å². The third-order valence-corrected chi connectivity index (χ3v) is 2.86. The van der Waals surface area contributed by atoms with E-state index >= 15 is 0 Å². The highest BCUT2D eigenvalue weighted by Gasteiger charge is 2.69. The van der Waals surface area contributed by atoms with Crippen LogP contribution in [0.1, 0.15) is 0 Å². The Bertz CT molecular complexity index is 583. The molecule has 1 unspecified atom stereocenters. The van der Waals surface area contributed by atoms with Crippen molar-refractivity contribution in [2.75, 3.05) is 6.61 Å². The van der Waals surface area contributed by atoms with E-state index in [4.69, 9.17) is 4.74 Å². The minimum absolute atomic E-state index is 0.183. The maximum Gasteiger partial charge on any atom is 0.458 e. The minimum Gasteiger partial charge on any atom is -0.451 e. The fraction of sp³-hybridized carbons (Fsp3) is 0.231. The lowest BCUT2D eigenvalue weighted by Crippen LogP contribution is -2.38. The fourth-order valence-corrected chi connectivity index (χ4v) is 1.81. The Hall–Kier alpha value is -1.75. The largest absolute Gasteiger partial charge is 0.458 e. The van der Waals surface area contributed by atoms with E-state index < -0.39 is 18.6 Å². The molecule has 0 radical (unpaired) electrons. The van der Waals surface area contributed by atoms with E-state index in [1.165, 1.54) is 6.07 Å². The van der Waals surface area contributed by atoms with E-state index in [1.807, 2.05) is 18.2 Å². The van der Waals surface area contributed by atoms with Crippen molar-refractivity contribution in [1.82, 2.24) is 0 Å². The summed E-state index contributed by atoms with van der Waals surface area (Å²) in [4.78, 5) is 0. The highest BCUT2D eigenvalue weighted by Crippen LogP contribution is 2.45. The zero-order chi connectivity index (χ0) is 12.8. The minimum atomic E-state index is -4.52. The molecule has 2 aromatic carbocycles. The molecule has 0 amide bonds. The van der Waals surface area contributed by atoms with E-state index in [1.54, 1.807) is 18.2 Å². The number of alkyl halides is 3. The van der Waals surface area contributed by atoms with Crippen molar-refractivity contribution in [2.24, 2.45) is 0 Å². The lowest BCUT2D eigenvalue weighted by atomic mass is 10.1. The van der Waals surface area contributed by atoms with Gasteiger partial charge in [-0.25, -0.2) is 0 Å². The maximum absolute atomic E-state index is 12.7. The summed E-state index contributed by atoms with van der Waals surface area (Å²) in [5.74, 6) is -2.28. The first kappa shape index (κ1) is 11.3. The summed E-state index contributed by atoms with van der Waals surface area (Å²) >= 11 is 0. The number of benzene rings is 2. The SMILES string of the molecule is FC(F)(F)C1(Oc2cccc3ccccc23)CO1. The second-order valence-corrected chi connectivity index (χ2v) is 4.12. The molecule has 1 heterocycles. The van der Waals surface area contributed by atoms with E-state index in [0.717, 1.165) is 5.39 Å². The summed E-state index contributed by atoms with van der Waals surface area (Å²) in [6.45, 7) is -0.459. The van der Waals surface area contributed by atoms with E-state index in [2.05, 4.69) is 4.74 Å². The van der Waals surface area contributed by atoms with Crippen LogP contribution in [0.5, 0.6) is 5.75 Å². The summed E-state index contributed by atoms with van der Waals surface area (Å²) in [7, 11) is 0. The Labute approximate surface area is 101 Å². The van der Waals surface area contributed by atoms with Crippen LogP contribution in [-0.2, 0) is 4.74 Å². The predicted molar refractivity (Wildman–Crippen MR) is 59.3 cm³/mol. The Balaban J connectivity index is 2.01. The van der Waals surface area contributed by atoms with Crippen molar-refractivity contribution >= 4 is 10.8 Å². The van der Waals surface area contributed by atoms with Gasteiger partial charge in [0.05, 0.1) is 0 Å². The van der Waals surface area contributed by atoms with Gasteiger partial charge < -0.3 is 9.47 Å². The number of fused-ring (bicyclic) bond motifs is 1. The van der Waals surface area contributed by atoms with Crippen LogP contribution >= 0.6 is 0 Å². The van der Waals surface area contributed by atoms with Gasteiger partial charge in [0.15, 0.2) is 0 Å². The number of hydrogen-bond donors (Lipinski definition) is 0. The van der Waals surface area contributed by atoms with Gasteiger partial charge in [-0.05, 0) is 11.5 Å².